The number of likely N-dealkylation sites (tertiary alicyclic amines) is 1. The van der Waals surface area contributed by atoms with Crippen molar-refractivity contribution in [2.45, 2.75) is 58.2 Å². The molecule has 29 heavy (non-hydrogen) atoms. The molecule has 2 aromatic carbocycles. The number of hydrogen-bond donors (Lipinski definition) is 0. The van der Waals surface area contributed by atoms with Gasteiger partial charge >= 0.3 is 6.09 Å². The molecule has 1 amide bonds. The molecule has 2 aromatic rings. The summed E-state index contributed by atoms with van der Waals surface area (Å²) >= 11 is 0. The second-order valence-electron chi connectivity index (χ2n) is 8.69. The summed E-state index contributed by atoms with van der Waals surface area (Å²) in [5.41, 5.74) is 4.97. The Labute approximate surface area is 174 Å². The number of hydrogen-bond acceptors (Lipinski definition) is 3. The predicted octanol–water partition coefficient (Wildman–Crippen LogP) is 5.28. The van der Waals surface area contributed by atoms with Crippen LogP contribution >= 0.6 is 0 Å². The van der Waals surface area contributed by atoms with Crippen molar-refractivity contribution in [3.8, 4) is 11.1 Å². The minimum absolute atomic E-state index is 0.00639. The molecule has 2 aliphatic rings. The van der Waals surface area contributed by atoms with Crippen molar-refractivity contribution in [2.24, 2.45) is 0 Å². The maximum atomic E-state index is 12.0. The first-order chi connectivity index (χ1) is 14.0. The topological polar surface area (TPSA) is 32.8 Å². The zero-order valence-corrected chi connectivity index (χ0v) is 17.8. The van der Waals surface area contributed by atoms with Gasteiger partial charge in [0.15, 0.2) is 0 Å². The van der Waals surface area contributed by atoms with E-state index in [1.54, 1.807) is 0 Å². The predicted molar refractivity (Wildman–Crippen MR) is 117 cm³/mol. The average Bonchev–Trinajstić information content (AvgIpc) is 3.32. The average molecular weight is 393 g/mol. The molecule has 154 valence electrons. The molecule has 4 rings (SSSR count). The Balaban J connectivity index is 1.40. The van der Waals surface area contributed by atoms with Crippen LogP contribution in [0.1, 0.15) is 50.8 Å². The highest BCUT2D eigenvalue weighted by Gasteiger charge is 2.35. The fraction of sp³-hybridized carbons (Fsp3) is 0.480. The second kappa shape index (κ2) is 8.58. The number of cyclic esters (lactones) is 1. The Morgan fingerprint density at radius 3 is 2.28 bits per heavy atom. The van der Waals surface area contributed by atoms with E-state index in [4.69, 9.17) is 4.74 Å². The Hall–Kier alpha value is -2.33. The summed E-state index contributed by atoms with van der Waals surface area (Å²) in [6.45, 7) is 9.23. The molecule has 2 aliphatic heterocycles. The van der Waals surface area contributed by atoms with Crippen LogP contribution in [0, 0.1) is 0 Å². The molecule has 2 atom stereocenters. The van der Waals surface area contributed by atoms with Crippen molar-refractivity contribution in [1.82, 2.24) is 9.80 Å². The van der Waals surface area contributed by atoms with Gasteiger partial charge in [-0.3, -0.25) is 4.90 Å². The third-order valence-corrected chi connectivity index (χ3v) is 6.43. The number of rotatable bonds is 6. The minimum atomic E-state index is -0.215. The molecule has 2 fully saturated rings. The number of carbonyl (C=O) groups excluding carboxylic acids is 1. The van der Waals surface area contributed by atoms with E-state index >= 15 is 0 Å². The lowest BCUT2D eigenvalue weighted by atomic mass is 9.99. The molecule has 2 saturated heterocycles. The van der Waals surface area contributed by atoms with Crippen LogP contribution in [0.2, 0.25) is 0 Å². The van der Waals surface area contributed by atoms with E-state index in [1.165, 1.54) is 36.1 Å². The first-order valence-electron chi connectivity index (χ1n) is 10.9. The number of ether oxygens (including phenoxy) is 1. The van der Waals surface area contributed by atoms with E-state index in [2.05, 4.69) is 60.4 Å². The van der Waals surface area contributed by atoms with Crippen LogP contribution in [0.25, 0.3) is 11.1 Å². The molecule has 2 heterocycles. The summed E-state index contributed by atoms with van der Waals surface area (Å²) in [7, 11) is 0. The third-order valence-electron chi connectivity index (χ3n) is 6.43. The summed E-state index contributed by atoms with van der Waals surface area (Å²) in [6.07, 6.45) is 3.58. The molecule has 0 unspecified atom stereocenters. The zero-order valence-electron chi connectivity index (χ0n) is 17.8. The largest absolute Gasteiger partial charge is 0.447 e. The summed E-state index contributed by atoms with van der Waals surface area (Å²) < 4.78 is 5.27. The fourth-order valence-electron chi connectivity index (χ4n) is 4.62. The van der Waals surface area contributed by atoms with Crippen LogP contribution in [0.3, 0.4) is 0 Å². The molecule has 0 spiro atoms. The minimum Gasteiger partial charge on any atom is -0.447 e. The highest BCUT2D eigenvalue weighted by Crippen LogP contribution is 2.31. The first-order valence-corrected chi connectivity index (χ1v) is 10.9. The van der Waals surface area contributed by atoms with Gasteiger partial charge in [0.2, 0.25) is 0 Å². The summed E-state index contributed by atoms with van der Waals surface area (Å²) in [6, 6.07) is 18.4. The van der Waals surface area contributed by atoms with Crippen LogP contribution in [0.4, 0.5) is 4.79 Å². The fourth-order valence-corrected chi connectivity index (χ4v) is 4.62. The van der Waals surface area contributed by atoms with Crippen molar-refractivity contribution in [3.63, 3.8) is 0 Å². The van der Waals surface area contributed by atoms with Crippen molar-refractivity contribution in [2.75, 3.05) is 19.7 Å². The van der Waals surface area contributed by atoms with Crippen LogP contribution in [0.5, 0.6) is 0 Å². The summed E-state index contributed by atoms with van der Waals surface area (Å²) in [4.78, 5) is 16.4. The quantitative estimate of drug-likeness (QED) is 0.670. The van der Waals surface area contributed by atoms with Crippen LogP contribution in [0.15, 0.2) is 48.5 Å². The monoisotopic (exact) mass is 392 g/mol. The molecule has 0 aromatic heterocycles. The SMILES string of the molecule is CC(C)N1C(=O)OC[C@H]1c1ccc(-c2ccc(CCN3CCC[C@H]3C)cc2)cc1. The molecule has 0 radical (unpaired) electrons. The highest BCUT2D eigenvalue weighted by molar-refractivity contribution is 5.71. The van der Waals surface area contributed by atoms with Gasteiger partial charge in [-0.1, -0.05) is 48.5 Å². The van der Waals surface area contributed by atoms with Gasteiger partial charge < -0.3 is 9.64 Å². The summed E-state index contributed by atoms with van der Waals surface area (Å²) in [5, 5.41) is 0. The molecule has 0 bridgehead atoms. The molecular weight excluding hydrogens is 360 g/mol. The number of carbonyl (C=O) groups is 1. The zero-order chi connectivity index (χ0) is 20.4. The van der Waals surface area contributed by atoms with E-state index in [0.717, 1.165) is 24.6 Å². The van der Waals surface area contributed by atoms with Gasteiger partial charge in [-0.25, -0.2) is 4.79 Å². The Morgan fingerprint density at radius 2 is 1.69 bits per heavy atom. The van der Waals surface area contributed by atoms with Gasteiger partial charge in [-0.2, -0.15) is 0 Å². The van der Waals surface area contributed by atoms with E-state index in [0.29, 0.717) is 6.61 Å². The van der Waals surface area contributed by atoms with E-state index in [1.807, 2.05) is 18.7 Å². The van der Waals surface area contributed by atoms with E-state index in [-0.39, 0.29) is 18.2 Å². The number of amides is 1. The lowest BCUT2D eigenvalue weighted by molar-refractivity contribution is 0.149. The number of benzene rings is 2. The Bertz CT molecular complexity index is 829. The second-order valence-corrected chi connectivity index (χ2v) is 8.69. The van der Waals surface area contributed by atoms with Crippen molar-refractivity contribution < 1.29 is 9.53 Å². The van der Waals surface area contributed by atoms with Crippen molar-refractivity contribution in [1.29, 1.82) is 0 Å². The van der Waals surface area contributed by atoms with Crippen molar-refractivity contribution >= 4 is 6.09 Å². The van der Waals surface area contributed by atoms with Gasteiger partial charge in [0, 0.05) is 18.6 Å². The first kappa shape index (κ1) is 20.0. The molecule has 0 aliphatic carbocycles. The third kappa shape index (κ3) is 4.32. The highest BCUT2D eigenvalue weighted by atomic mass is 16.6. The smallest absolute Gasteiger partial charge is 0.410 e. The van der Waals surface area contributed by atoms with E-state index in [9.17, 15) is 4.79 Å². The van der Waals surface area contributed by atoms with E-state index < -0.39 is 0 Å². The molecular formula is C25H32N2O2. The Morgan fingerprint density at radius 1 is 1.03 bits per heavy atom. The lowest BCUT2D eigenvalue weighted by Gasteiger charge is -2.25. The Kier molecular flexibility index (Phi) is 5.91. The molecule has 0 saturated carbocycles. The van der Waals surface area contributed by atoms with Crippen LogP contribution in [-0.2, 0) is 11.2 Å². The van der Waals surface area contributed by atoms with Crippen LogP contribution < -0.4 is 0 Å². The standard InChI is InChI=1S/C25H32N2O2/c1-18(2)27-24(17-29-25(27)28)23-12-10-22(11-13-23)21-8-6-20(7-9-21)14-16-26-15-4-5-19(26)3/h6-13,18-19,24H,4-5,14-17H2,1-3H3/t19-,24+/m1/s1. The van der Waals surface area contributed by atoms with Gasteiger partial charge in [-0.15, -0.1) is 0 Å². The lowest BCUT2D eigenvalue weighted by Crippen LogP contribution is -2.33. The van der Waals surface area contributed by atoms with Crippen molar-refractivity contribution in [3.05, 3.63) is 59.7 Å². The molecule has 4 nitrogen and oxygen atoms in total. The normalized spacial score (nSPS) is 22.5. The number of nitrogens with zero attached hydrogens (tertiary/aromatic N) is 2. The maximum absolute atomic E-state index is 12.0. The van der Waals surface area contributed by atoms with Gasteiger partial charge in [0.25, 0.3) is 0 Å². The molecule has 0 N–H and O–H groups in total. The van der Waals surface area contributed by atoms with Gasteiger partial charge in [-0.05, 0) is 68.8 Å². The molecule has 4 heteroatoms. The van der Waals surface area contributed by atoms with Crippen LogP contribution in [-0.4, -0.2) is 47.7 Å². The van der Waals surface area contributed by atoms with Gasteiger partial charge in [0.1, 0.15) is 6.61 Å². The summed E-state index contributed by atoms with van der Waals surface area (Å²) in [5.74, 6) is 0. The maximum Gasteiger partial charge on any atom is 0.410 e. The van der Waals surface area contributed by atoms with Gasteiger partial charge in [0.05, 0.1) is 6.04 Å².